The summed E-state index contributed by atoms with van der Waals surface area (Å²) < 4.78 is 0. The molecule has 1 saturated carbocycles. The Hall–Kier alpha value is -1.67. The molecule has 17 heavy (non-hydrogen) atoms. The lowest BCUT2D eigenvalue weighted by Gasteiger charge is -2.26. The monoisotopic (exact) mass is 232 g/mol. The van der Waals surface area contributed by atoms with Crippen LogP contribution in [-0.2, 0) is 0 Å². The zero-order chi connectivity index (χ0) is 12.1. The van der Waals surface area contributed by atoms with E-state index in [2.05, 4.69) is 21.6 Å². The number of aliphatic hydroxyl groups excluding tert-OH is 1. The molecule has 2 atom stereocenters. The van der Waals surface area contributed by atoms with Gasteiger partial charge in [-0.25, -0.2) is 0 Å². The quantitative estimate of drug-likeness (QED) is 0.821. The Labute approximate surface area is 100 Å². The summed E-state index contributed by atoms with van der Waals surface area (Å²) >= 11 is 0. The Bertz CT molecular complexity index is 415. The topological polar surface area (TPSA) is 81.8 Å². The Morgan fingerprint density at radius 1 is 1.53 bits per heavy atom. The third-order valence-corrected chi connectivity index (χ3v) is 3.15. The third kappa shape index (κ3) is 3.14. The van der Waals surface area contributed by atoms with Crippen molar-refractivity contribution in [2.24, 2.45) is 5.92 Å². The lowest BCUT2D eigenvalue weighted by atomic mass is 9.87. The van der Waals surface area contributed by atoms with Crippen molar-refractivity contribution in [3.05, 3.63) is 17.8 Å². The number of nitriles is 1. The molecule has 1 aliphatic rings. The van der Waals surface area contributed by atoms with Gasteiger partial charge in [-0.15, -0.1) is 5.10 Å². The average molecular weight is 232 g/mol. The molecule has 2 N–H and O–H groups in total. The first-order valence-electron chi connectivity index (χ1n) is 5.93. The van der Waals surface area contributed by atoms with Gasteiger partial charge in [0.2, 0.25) is 0 Å². The number of nitrogens with zero attached hydrogens (tertiary/aromatic N) is 3. The maximum Gasteiger partial charge on any atom is 0.166 e. The van der Waals surface area contributed by atoms with Gasteiger partial charge in [0.05, 0.1) is 17.9 Å². The number of aliphatic hydroxyl groups is 1. The van der Waals surface area contributed by atoms with Crippen LogP contribution in [-0.4, -0.2) is 28.0 Å². The fourth-order valence-electron chi connectivity index (χ4n) is 2.24. The number of rotatable bonds is 3. The van der Waals surface area contributed by atoms with Gasteiger partial charge in [-0.2, -0.15) is 10.4 Å². The minimum Gasteiger partial charge on any atom is -0.393 e. The van der Waals surface area contributed by atoms with Crippen LogP contribution in [0.15, 0.2) is 12.3 Å². The first-order chi connectivity index (χ1) is 8.29. The molecule has 1 aromatic rings. The van der Waals surface area contributed by atoms with Crippen LogP contribution in [0.1, 0.15) is 31.2 Å². The van der Waals surface area contributed by atoms with E-state index in [9.17, 15) is 5.11 Å². The van der Waals surface area contributed by atoms with Crippen molar-refractivity contribution in [2.75, 3.05) is 11.9 Å². The number of hydrogen-bond donors (Lipinski definition) is 2. The maximum atomic E-state index is 9.57. The van der Waals surface area contributed by atoms with Crippen LogP contribution >= 0.6 is 0 Å². The van der Waals surface area contributed by atoms with E-state index >= 15 is 0 Å². The molecule has 1 fully saturated rings. The first-order valence-corrected chi connectivity index (χ1v) is 5.93. The molecule has 1 aliphatic carbocycles. The zero-order valence-electron chi connectivity index (χ0n) is 9.63. The van der Waals surface area contributed by atoms with Crippen molar-refractivity contribution in [3.63, 3.8) is 0 Å². The van der Waals surface area contributed by atoms with E-state index in [1.54, 1.807) is 6.07 Å². The molecule has 0 radical (unpaired) electrons. The van der Waals surface area contributed by atoms with Gasteiger partial charge in [0.1, 0.15) is 6.07 Å². The van der Waals surface area contributed by atoms with Gasteiger partial charge in [-0.1, -0.05) is 6.42 Å². The standard InChI is InChI=1S/C12H16N4O/c13-7-10-4-5-15-16-12(10)14-8-9-2-1-3-11(17)6-9/h4-5,9,11,17H,1-3,6,8H2,(H,14,16). The second-order valence-corrected chi connectivity index (χ2v) is 4.47. The van der Waals surface area contributed by atoms with Crippen molar-refractivity contribution in [2.45, 2.75) is 31.8 Å². The summed E-state index contributed by atoms with van der Waals surface area (Å²) in [6, 6.07) is 3.72. The lowest BCUT2D eigenvalue weighted by molar-refractivity contribution is 0.104. The molecule has 0 bridgehead atoms. The van der Waals surface area contributed by atoms with Crippen LogP contribution < -0.4 is 5.32 Å². The fourth-order valence-corrected chi connectivity index (χ4v) is 2.24. The van der Waals surface area contributed by atoms with Gasteiger partial charge in [-0.3, -0.25) is 0 Å². The minimum absolute atomic E-state index is 0.173. The highest BCUT2D eigenvalue weighted by Crippen LogP contribution is 2.24. The molecule has 0 amide bonds. The molecular formula is C12H16N4O. The number of aromatic nitrogens is 2. The summed E-state index contributed by atoms with van der Waals surface area (Å²) in [6.07, 6.45) is 5.26. The summed E-state index contributed by atoms with van der Waals surface area (Å²) in [5, 5.41) is 29.3. The fraction of sp³-hybridized carbons (Fsp3) is 0.583. The Morgan fingerprint density at radius 3 is 3.18 bits per heavy atom. The smallest absolute Gasteiger partial charge is 0.166 e. The number of nitrogens with one attached hydrogen (secondary N) is 1. The summed E-state index contributed by atoms with van der Waals surface area (Å²) in [5.41, 5.74) is 0.511. The predicted molar refractivity (Wildman–Crippen MR) is 63.2 cm³/mol. The van der Waals surface area contributed by atoms with Gasteiger partial charge >= 0.3 is 0 Å². The van der Waals surface area contributed by atoms with Crippen molar-refractivity contribution in [1.82, 2.24) is 10.2 Å². The second-order valence-electron chi connectivity index (χ2n) is 4.47. The average Bonchev–Trinajstić information content (AvgIpc) is 2.37. The predicted octanol–water partition coefficient (Wildman–Crippen LogP) is 1.31. The first kappa shape index (κ1) is 11.8. The van der Waals surface area contributed by atoms with Crippen molar-refractivity contribution in [3.8, 4) is 6.07 Å². The van der Waals surface area contributed by atoms with E-state index in [1.165, 1.54) is 6.20 Å². The Kier molecular flexibility index (Phi) is 3.89. The van der Waals surface area contributed by atoms with Crippen molar-refractivity contribution >= 4 is 5.82 Å². The second kappa shape index (κ2) is 5.60. The van der Waals surface area contributed by atoms with Gasteiger partial charge < -0.3 is 10.4 Å². The van der Waals surface area contributed by atoms with Crippen molar-refractivity contribution in [1.29, 1.82) is 5.26 Å². The van der Waals surface area contributed by atoms with Crippen LogP contribution in [0.3, 0.4) is 0 Å². The molecule has 0 aromatic carbocycles. The molecule has 0 spiro atoms. The molecule has 2 rings (SSSR count). The molecule has 1 aromatic heterocycles. The van der Waals surface area contributed by atoms with Crippen LogP contribution in [0.2, 0.25) is 0 Å². The maximum absolute atomic E-state index is 9.57. The van der Waals surface area contributed by atoms with E-state index in [0.29, 0.717) is 17.3 Å². The van der Waals surface area contributed by atoms with Crippen LogP contribution in [0.5, 0.6) is 0 Å². The minimum atomic E-state index is -0.173. The highest BCUT2D eigenvalue weighted by molar-refractivity contribution is 5.50. The van der Waals surface area contributed by atoms with E-state index in [0.717, 1.165) is 32.2 Å². The summed E-state index contributed by atoms with van der Waals surface area (Å²) in [7, 11) is 0. The van der Waals surface area contributed by atoms with E-state index in [4.69, 9.17) is 5.26 Å². The Balaban J connectivity index is 1.91. The third-order valence-electron chi connectivity index (χ3n) is 3.15. The molecule has 1 heterocycles. The SMILES string of the molecule is N#Cc1ccnnc1NCC1CCCC(O)C1. The lowest BCUT2D eigenvalue weighted by Crippen LogP contribution is -2.25. The summed E-state index contributed by atoms with van der Waals surface area (Å²) in [4.78, 5) is 0. The van der Waals surface area contributed by atoms with Crippen LogP contribution in [0.25, 0.3) is 0 Å². The molecular weight excluding hydrogens is 216 g/mol. The van der Waals surface area contributed by atoms with Crippen LogP contribution in [0.4, 0.5) is 5.82 Å². The van der Waals surface area contributed by atoms with Crippen LogP contribution in [0, 0.1) is 17.2 Å². The van der Waals surface area contributed by atoms with E-state index in [-0.39, 0.29) is 6.10 Å². The largest absolute Gasteiger partial charge is 0.393 e. The summed E-state index contributed by atoms with van der Waals surface area (Å²) in [6.45, 7) is 0.741. The Morgan fingerprint density at radius 2 is 2.41 bits per heavy atom. The van der Waals surface area contributed by atoms with Gasteiger partial charge in [0.15, 0.2) is 5.82 Å². The number of anilines is 1. The highest BCUT2D eigenvalue weighted by Gasteiger charge is 2.20. The number of hydrogen-bond acceptors (Lipinski definition) is 5. The molecule has 0 saturated heterocycles. The van der Waals surface area contributed by atoms with Crippen molar-refractivity contribution < 1.29 is 5.11 Å². The highest BCUT2D eigenvalue weighted by atomic mass is 16.3. The molecule has 5 heteroatoms. The van der Waals surface area contributed by atoms with E-state index in [1.807, 2.05) is 0 Å². The summed E-state index contributed by atoms with van der Waals surface area (Å²) in [5.74, 6) is 0.988. The molecule has 5 nitrogen and oxygen atoms in total. The van der Waals surface area contributed by atoms with E-state index < -0.39 is 0 Å². The van der Waals surface area contributed by atoms with Gasteiger partial charge in [-0.05, 0) is 31.2 Å². The normalized spacial score (nSPS) is 24.0. The molecule has 2 unspecified atom stereocenters. The van der Waals surface area contributed by atoms with Gasteiger partial charge in [0.25, 0.3) is 0 Å². The zero-order valence-corrected chi connectivity index (χ0v) is 9.63. The van der Waals surface area contributed by atoms with Gasteiger partial charge in [0, 0.05) is 6.54 Å². The molecule has 90 valence electrons. The molecule has 0 aliphatic heterocycles.